The van der Waals surface area contributed by atoms with Crippen LogP contribution in [0.15, 0.2) is 6.20 Å². The third kappa shape index (κ3) is 1.95. The van der Waals surface area contributed by atoms with Gasteiger partial charge in [0.15, 0.2) is 11.5 Å². The van der Waals surface area contributed by atoms with Crippen LogP contribution in [-0.4, -0.2) is 28.3 Å². The number of carbonyl (C=O) groups is 1. The molecule has 82 valence electrons. The van der Waals surface area contributed by atoms with Gasteiger partial charge in [0.05, 0.1) is 13.3 Å². The zero-order chi connectivity index (χ0) is 11.6. The second-order valence-corrected chi connectivity index (χ2v) is 2.54. The van der Waals surface area contributed by atoms with Gasteiger partial charge in [-0.15, -0.1) is 0 Å². The molecule has 0 aliphatic heterocycles. The second kappa shape index (κ2) is 4.07. The second-order valence-electron chi connectivity index (χ2n) is 2.54. The summed E-state index contributed by atoms with van der Waals surface area (Å²) in [7, 11) is 0.990. The van der Waals surface area contributed by atoms with E-state index in [2.05, 4.69) is 9.72 Å². The molecule has 0 saturated carbocycles. The first-order valence-corrected chi connectivity index (χ1v) is 3.76. The number of ether oxygens (including phenoxy) is 1. The van der Waals surface area contributed by atoms with Crippen LogP contribution in [0.3, 0.4) is 0 Å². The molecule has 2 N–H and O–H groups in total. The van der Waals surface area contributed by atoms with E-state index in [0.29, 0.717) is 6.20 Å². The Morgan fingerprint density at radius 1 is 1.53 bits per heavy atom. The van der Waals surface area contributed by atoms with Gasteiger partial charge >= 0.3 is 5.97 Å². The standard InChI is InChI=1S/C8H7F2NO4/c1-15-8(14)4-3(12)2-11-5(6(4)13)7(9)10/h2,7,12-13H,1H3. The summed E-state index contributed by atoms with van der Waals surface area (Å²) in [5.41, 5.74) is -1.70. The monoisotopic (exact) mass is 219 g/mol. The third-order valence-corrected chi connectivity index (χ3v) is 1.66. The number of esters is 1. The van der Waals surface area contributed by atoms with Crippen molar-refractivity contribution in [3.8, 4) is 11.5 Å². The fraction of sp³-hybridized carbons (Fsp3) is 0.250. The van der Waals surface area contributed by atoms with E-state index < -0.39 is 35.2 Å². The summed E-state index contributed by atoms with van der Waals surface area (Å²) >= 11 is 0. The van der Waals surface area contributed by atoms with Gasteiger partial charge in [-0.2, -0.15) is 0 Å². The van der Waals surface area contributed by atoms with Crippen molar-refractivity contribution in [2.75, 3.05) is 7.11 Å². The van der Waals surface area contributed by atoms with E-state index in [1.165, 1.54) is 0 Å². The number of nitrogens with zero attached hydrogens (tertiary/aromatic N) is 1. The molecule has 1 rings (SSSR count). The average Bonchev–Trinajstić information content (AvgIpc) is 2.16. The number of halogens is 2. The van der Waals surface area contributed by atoms with Gasteiger partial charge in [-0.1, -0.05) is 0 Å². The Bertz CT molecular complexity index is 394. The maximum Gasteiger partial charge on any atom is 0.345 e. The van der Waals surface area contributed by atoms with Crippen molar-refractivity contribution in [1.82, 2.24) is 4.98 Å². The highest BCUT2D eigenvalue weighted by atomic mass is 19.3. The van der Waals surface area contributed by atoms with Crippen LogP contribution in [0.4, 0.5) is 8.78 Å². The van der Waals surface area contributed by atoms with Crippen LogP contribution in [0.2, 0.25) is 0 Å². The van der Waals surface area contributed by atoms with Crippen LogP contribution in [0.1, 0.15) is 22.5 Å². The Hall–Kier alpha value is -1.92. The van der Waals surface area contributed by atoms with E-state index >= 15 is 0 Å². The smallest absolute Gasteiger partial charge is 0.345 e. The van der Waals surface area contributed by atoms with Crippen LogP contribution in [0, 0.1) is 0 Å². The van der Waals surface area contributed by atoms with E-state index in [4.69, 9.17) is 5.11 Å². The molecule has 1 aromatic rings. The summed E-state index contributed by atoms with van der Waals surface area (Å²) in [5.74, 6) is -2.91. The molecule has 7 heteroatoms. The molecule has 15 heavy (non-hydrogen) atoms. The van der Waals surface area contributed by atoms with E-state index in [9.17, 15) is 18.7 Å². The Morgan fingerprint density at radius 2 is 2.13 bits per heavy atom. The lowest BCUT2D eigenvalue weighted by molar-refractivity contribution is 0.0592. The molecule has 0 amide bonds. The normalized spacial score (nSPS) is 10.4. The molecule has 1 aromatic heterocycles. The molecular formula is C8H7F2NO4. The summed E-state index contributed by atoms with van der Waals surface area (Å²) in [5, 5.41) is 18.4. The zero-order valence-electron chi connectivity index (χ0n) is 7.57. The first-order chi connectivity index (χ1) is 6.99. The number of rotatable bonds is 2. The van der Waals surface area contributed by atoms with E-state index in [1.807, 2.05) is 0 Å². The number of aromatic nitrogens is 1. The van der Waals surface area contributed by atoms with Crippen molar-refractivity contribution < 1.29 is 28.5 Å². The average molecular weight is 219 g/mol. The number of aromatic hydroxyl groups is 2. The minimum atomic E-state index is -3.05. The lowest BCUT2D eigenvalue weighted by atomic mass is 10.2. The summed E-state index contributed by atoms with van der Waals surface area (Å²) < 4.78 is 28.7. The molecule has 0 spiro atoms. The molecule has 0 aliphatic rings. The lowest BCUT2D eigenvalue weighted by Gasteiger charge is -2.08. The van der Waals surface area contributed by atoms with Crippen LogP contribution in [0.5, 0.6) is 11.5 Å². The van der Waals surface area contributed by atoms with Crippen molar-refractivity contribution in [3.05, 3.63) is 17.5 Å². The molecular weight excluding hydrogens is 212 g/mol. The fourth-order valence-electron chi connectivity index (χ4n) is 0.969. The predicted octanol–water partition coefficient (Wildman–Crippen LogP) is 1.22. The predicted molar refractivity (Wildman–Crippen MR) is 43.9 cm³/mol. The highest BCUT2D eigenvalue weighted by Crippen LogP contribution is 2.34. The summed E-state index contributed by atoms with van der Waals surface area (Å²) in [6.07, 6.45) is -2.40. The topological polar surface area (TPSA) is 79.7 Å². The number of hydrogen-bond donors (Lipinski definition) is 2. The molecule has 0 unspecified atom stereocenters. The molecule has 0 saturated heterocycles. The molecule has 0 aliphatic carbocycles. The Labute approximate surface area is 82.9 Å². The molecule has 0 fully saturated rings. The van der Waals surface area contributed by atoms with E-state index in [0.717, 1.165) is 7.11 Å². The molecule has 0 bridgehead atoms. The summed E-state index contributed by atoms with van der Waals surface area (Å²) in [6, 6.07) is 0. The first-order valence-electron chi connectivity index (χ1n) is 3.76. The van der Waals surface area contributed by atoms with Crippen LogP contribution < -0.4 is 0 Å². The van der Waals surface area contributed by atoms with Crippen LogP contribution in [0.25, 0.3) is 0 Å². The third-order valence-electron chi connectivity index (χ3n) is 1.66. The Kier molecular flexibility index (Phi) is 3.03. The van der Waals surface area contributed by atoms with Gasteiger partial charge in [0.25, 0.3) is 6.43 Å². The van der Waals surface area contributed by atoms with Crippen LogP contribution in [-0.2, 0) is 4.74 Å². The van der Waals surface area contributed by atoms with Gasteiger partial charge in [0.1, 0.15) is 11.3 Å². The van der Waals surface area contributed by atoms with Crippen molar-refractivity contribution in [1.29, 1.82) is 0 Å². The molecule has 5 nitrogen and oxygen atoms in total. The molecule has 0 radical (unpaired) electrons. The van der Waals surface area contributed by atoms with E-state index in [1.54, 1.807) is 0 Å². The van der Waals surface area contributed by atoms with Crippen LogP contribution >= 0.6 is 0 Å². The van der Waals surface area contributed by atoms with Gasteiger partial charge < -0.3 is 14.9 Å². The van der Waals surface area contributed by atoms with Gasteiger partial charge in [-0.3, -0.25) is 0 Å². The van der Waals surface area contributed by atoms with Gasteiger partial charge in [0.2, 0.25) is 0 Å². The quantitative estimate of drug-likeness (QED) is 0.731. The van der Waals surface area contributed by atoms with Gasteiger partial charge in [-0.05, 0) is 0 Å². The fourth-order valence-corrected chi connectivity index (χ4v) is 0.969. The largest absolute Gasteiger partial charge is 0.505 e. The number of carbonyl (C=O) groups excluding carboxylic acids is 1. The Morgan fingerprint density at radius 3 is 2.60 bits per heavy atom. The van der Waals surface area contributed by atoms with Crippen molar-refractivity contribution in [2.45, 2.75) is 6.43 Å². The van der Waals surface area contributed by atoms with Crippen molar-refractivity contribution in [2.24, 2.45) is 0 Å². The number of pyridine rings is 1. The zero-order valence-corrected chi connectivity index (χ0v) is 7.57. The van der Waals surface area contributed by atoms with Crippen molar-refractivity contribution >= 4 is 5.97 Å². The van der Waals surface area contributed by atoms with Gasteiger partial charge in [-0.25, -0.2) is 18.6 Å². The van der Waals surface area contributed by atoms with Crippen molar-refractivity contribution in [3.63, 3.8) is 0 Å². The molecule has 0 atom stereocenters. The summed E-state index contributed by atoms with van der Waals surface area (Å²) in [4.78, 5) is 14.1. The molecule has 0 aromatic carbocycles. The maximum atomic E-state index is 12.3. The van der Waals surface area contributed by atoms with E-state index in [-0.39, 0.29) is 0 Å². The number of methoxy groups -OCH3 is 1. The highest BCUT2D eigenvalue weighted by Gasteiger charge is 2.25. The SMILES string of the molecule is COC(=O)c1c(O)cnc(C(F)F)c1O. The minimum Gasteiger partial charge on any atom is -0.505 e. The highest BCUT2D eigenvalue weighted by molar-refractivity contribution is 5.95. The molecule has 1 heterocycles. The van der Waals surface area contributed by atoms with Gasteiger partial charge in [0, 0.05) is 0 Å². The Balaban J connectivity index is 3.36. The first kappa shape index (κ1) is 11.2. The lowest BCUT2D eigenvalue weighted by Crippen LogP contribution is -2.05. The number of hydrogen-bond acceptors (Lipinski definition) is 5. The summed E-state index contributed by atoms with van der Waals surface area (Å²) in [6.45, 7) is 0. The maximum absolute atomic E-state index is 12.3. The number of alkyl halides is 2. The minimum absolute atomic E-state index is 0.646.